The molecule has 39 heavy (non-hydrogen) atoms. The van der Waals surface area contributed by atoms with Gasteiger partial charge in [0.25, 0.3) is 0 Å². The average Bonchev–Trinajstić information content (AvgIpc) is 3.25. The third-order valence-electron chi connectivity index (χ3n) is 6.70. The molecule has 1 aromatic heterocycles. The van der Waals surface area contributed by atoms with Crippen LogP contribution in [0.15, 0.2) is 60.9 Å². The van der Waals surface area contributed by atoms with Crippen molar-refractivity contribution in [1.29, 1.82) is 0 Å². The minimum Gasteiger partial charge on any atom is -0.494 e. The van der Waals surface area contributed by atoms with Crippen LogP contribution in [0.25, 0.3) is 0 Å². The van der Waals surface area contributed by atoms with Crippen LogP contribution in [0.2, 0.25) is 0 Å². The SMILES string of the molecule is COCC(=O)N1CCN(Cc2ccc(OCCCn3ccnc3C)cc2)C[C@](O)(COc2ccc(F)cc2)C1. The Morgan fingerprint density at radius 3 is 2.46 bits per heavy atom. The first kappa shape index (κ1) is 28.5. The van der Waals surface area contributed by atoms with Gasteiger partial charge < -0.3 is 28.8 Å². The molecule has 10 heteroatoms. The van der Waals surface area contributed by atoms with Crippen LogP contribution >= 0.6 is 0 Å². The summed E-state index contributed by atoms with van der Waals surface area (Å²) in [6.07, 6.45) is 4.65. The third-order valence-corrected chi connectivity index (χ3v) is 6.70. The maximum Gasteiger partial charge on any atom is 0.248 e. The first-order valence-electron chi connectivity index (χ1n) is 13.1. The molecule has 1 aliphatic rings. The number of carbonyl (C=O) groups excluding carboxylic acids is 1. The summed E-state index contributed by atoms with van der Waals surface area (Å²) in [6, 6.07) is 13.6. The molecule has 0 aliphatic carbocycles. The number of amides is 1. The van der Waals surface area contributed by atoms with Crippen molar-refractivity contribution in [3.05, 3.63) is 78.1 Å². The standard InChI is InChI=1S/C29H37FN4O5/c1-23-31-12-14-33(23)13-3-17-38-26-8-4-24(5-9-26)18-32-15-16-34(28(35)19-37-2)21-29(36,20-32)22-39-27-10-6-25(30)7-11-27/h4-12,14,36H,3,13,15-22H2,1-2H3/t29-/m1/s1. The first-order valence-corrected chi connectivity index (χ1v) is 13.1. The lowest BCUT2D eigenvalue weighted by Gasteiger charge is -2.33. The van der Waals surface area contributed by atoms with Gasteiger partial charge in [0.2, 0.25) is 5.91 Å². The van der Waals surface area contributed by atoms with Crippen LogP contribution in [0, 0.1) is 12.7 Å². The highest BCUT2D eigenvalue weighted by molar-refractivity contribution is 5.77. The van der Waals surface area contributed by atoms with Crippen LogP contribution in [0.1, 0.15) is 17.8 Å². The van der Waals surface area contributed by atoms with E-state index in [-0.39, 0.29) is 31.5 Å². The highest BCUT2D eigenvalue weighted by Crippen LogP contribution is 2.21. The van der Waals surface area contributed by atoms with E-state index in [1.54, 1.807) is 11.1 Å². The van der Waals surface area contributed by atoms with E-state index in [1.165, 1.54) is 31.4 Å². The number of imidazole rings is 1. The number of methoxy groups -OCH3 is 1. The third kappa shape index (κ3) is 8.51. The second-order valence-corrected chi connectivity index (χ2v) is 9.94. The lowest BCUT2D eigenvalue weighted by molar-refractivity contribution is -0.138. The summed E-state index contributed by atoms with van der Waals surface area (Å²) in [5.41, 5.74) is -0.264. The number of hydrogen-bond acceptors (Lipinski definition) is 7. The summed E-state index contributed by atoms with van der Waals surface area (Å²) in [6.45, 7) is 5.39. The number of aliphatic hydroxyl groups is 1. The molecule has 2 heterocycles. The van der Waals surface area contributed by atoms with Crippen LogP contribution < -0.4 is 9.47 Å². The van der Waals surface area contributed by atoms with Gasteiger partial charge in [0.15, 0.2) is 0 Å². The number of ether oxygens (including phenoxy) is 3. The molecule has 1 fully saturated rings. The number of hydrogen-bond donors (Lipinski definition) is 1. The Bertz CT molecular complexity index is 1190. The van der Waals surface area contributed by atoms with Crippen molar-refractivity contribution in [3.63, 3.8) is 0 Å². The second-order valence-electron chi connectivity index (χ2n) is 9.94. The molecule has 1 saturated heterocycles. The van der Waals surface area contributed by atoms with Crippen LogP contribution in [0.5, 0.6) is 11.5 Å². The molecule has 1 atom stereocenters. The fourth-order valence-electron chi connectivity index (χ4n) is 4.66. The van der Waals surface area contributed by atoms with Gasteiger partial charge in [-0.25, -0.2) is 9.37 Å². The molecule has 2 aromatic carbocycles. The van der Waals surface area contributed by atoms with Crippen molar-refractivity contribution in [2.75, 3.05) is 53.1 Å². The smallest absolute Gasteiger partial charge is 0.248 e. The maximum absolute atomic E-state index is 13.3. The zero-order chi connectivity index (χ0) is 27.7. The van der Waals surface area contributed by atoms with E-state index >= 15 is 0 Å². The summed E-state index contributed by atoms with van der Waals surface area (Å²) in [5.74, 6) is 1.69. The highest BCUT2D eigenvalue weighted by atomic mass is 19.1. The molecule has 1 N–H and O–H groups in total. The molecule has 0 saturated carbocycles. The van der Waals surface area contributed by atoms with E-state index in [4.69, 9.17) is 14.2 Å². The van der Waals surface area contributed by atoms with Gasteiger partial charge in [-0.2, -0.15) is 0 Å². The van der Waals surface area contributed by atoms with E-state index in [9.17, 15) is 14.3 Å². The van der Waals surface area contributed by atoms with Gasteiger partial charge in [-0.1, -0.05) is 12.1 Å². The molecule has 0 bridgehead atoms. The van der Waals surface area contributed by atoms with Gasteiger partial charge in [-0.15, -0.1) is 0 Å². The van der Waals surface area contributed by atoms with Gasteiger partial charge in [0.05, 0.1) is 13.2 Å². The molecule has 9 nitrogen and oxygen atoms in total. The molecule has 3 aromatic rings. The Morgan fingerprint density at radius 1 is 1.05 bits per heavy atom. The molecule has 1 aliphatic heterocycles. The van der Waals surface area contributed by atoms with Crippen molar-refractivity contribution in [3.8, 4) is 11.5 Å². The Labute approximate surface area is 228 Å². The predicted molar refractivity (Wildman–Crippen MR) is 144 cm³/mol. The van der Waals surface area contributed by atoms with Gasteiger partial charge in [0, 0.05) is 52.2 Å². The van der Waals surface area contributed by atoms with E-state index in [2.05, 4.69) is 14.5 Å². The molecule has 4 rings (SSSR count). The lowest BCUT2D eigenvalue weighted by atomic mass is 10.0. The van der Waals surface area contributed by atoms with Gasteiger partial charge >= 0.3 is 0 Å². The predicted octanol–water partition coefficient (Wildman–Crippen LogP) is 2.90. The van der Waals surface area contributed by atoms with Crippen LogP contribution in [-0.4, -0.2) is 89.1 Å². The van der Waals surface area contributed by atoms with Crippen molar-refractivity contribution >= 4 is 5.91 Å². The van der Waals surface area contributed by atoms with E-state index in [0.717, 1.165) is 30.1 Å². The maximum atomic E-state index is 13.3. The average molecular weight is 541 g/mol. The number of aromatic nitrogens is 2. The normalized spacial score (nSPS) is 18.1. The minimum absolute atomic E-state index is 0.0444. The van der Waals surface area contributed by atoms with Gasteiger partial charge in [-0.05, 0) is 55.3 Å². The topological polar surface area (TPSA) is 89.3 Å². The summed E-state index contributed by atoms with van der Waals surface area (Å²) < 4.78 is 32.1. The number of β-amino-alcohol motifs (C(OH)–C–C–N with tert-alkyl or cyclic N) is 1. The van der Waals surface area contributed by atoms with E-state index in [1.807, 2.05) is 37.4 Å². The molecular formula is C29H37FN4O5. The zero-order valence-electron chi connectivity index (χ0n) is 22.6. The van der Waals surface area contributed by atoms with E-state index in [0.29, 0.717) is 38.5 Å². The number of nitrogens with zero attached hydrogens (tertiary/aromatic N) is 4. The monoisotopic (exact) mass is 540 g/mol. The van der Waals surface area contributed by atoms with E-state index < -0.39 is 5.60 Å². The fourth-order valence-corrected chi connectivity index (χ4v) is 4.66. The number of rotatable bonds is 12. The number of benzene rings is 2. The van der Waals surface area contributed by atoms with Crippen LogP contribution in [-0.2, 0) is 22.6 Å². The number of halogens is 1. The van der Waals surface area contributed by atoms with Crippen molar-refractivity contribution in [1.82, 2.24) is 19.4 Å². The number of carbonyl (C=O) groups is 1. The molecule has 210 valence electrons. The highest BCUT2D eigenvalue weighted by Gasteiger charge is 2.37. The minimum atomic E-state index is -1.33. The summed E-state index contributed by atoms with van der Waals surface area (Å²) >= 11 is 0. The zero-order valence-corrected chi connectivity index (χ0v) is 22.6. The Hall–Kier alpha value is -3.47. The van der Waals surface area contributed by atoms with Crippen LogP contribution in [0.4, 0.5) is 4.39 Å². The van der Waals surface area contributed by atoms with Crippen molar-refractivity contribution < 1.29 is 28.5 Å². The Balaban J connectivity index is 1.34. The molecule has 1 amide bonds. The van der Waals surface area contributed by atoms with Gasteiger partial charge in [-0.3, -0.25) is 9.69 Å². The molecule has 0 unspecified atom stereocenters. The Morgan fingerprint density at radius 2 is 1.77 bits per heavy atom. The summed E-state index contributed by atoms with van der Waals surface area (Å²) in [7, 11) is 1.47. The summed E-state index contributed by atoms with van der Waals surface area (Å²) in [5, 5.41) is 11.6. The quantitative estimate of drug-likeness (QED) is 0.354. The summed E-state index contributed by atoms with van der Waals surface area (Å²) in [4.78, 5) is 20.6. The lowest BCUT2D eigenvalue weighted by Crippen LogP contribution is -2.52. The molecule has 0 spiro atoms. The number of aryl methyl sites for hydroxylation is 2. The van der Waals surface area contributed by atoms with Gasteiger partial charge in [0.1, 0.15) is 42.0 Å². The van der Waals surface area contributed by atoms with Crippen molar-refractivity contribution in [2.24, 2.45) is 0 Å². The largest absolute Gasteiger partial charge is 0.494 e. The van der Waals surface area contributed by atoms with Crippen LogP contribution in [0.3, 0.4) is 0 Å². The second kappa shape index (κ2) is 13.5. The first-order chi connectivity index (χ1) is 18.8. The molecular weight excluding hydrogens is 503 g/mol. The van der Waals surface area contributed by atoms with Crippen molar-refractivity contribution in [2.45, 2.75) is 32.0 Å². The Kier molecular flexibility index (Phi) is 9.91. The fraction of sp³-hybridized carbons (Fsp3) is 0.448. The molecule has 0 radical (unpaired) electrons.